The number of hydrogen-bond donors (Lipinski definition) is 0. The molecule has 2 rings (SSSR count). The van der Waals surface area contributed by atoms with Crippen LogP contribution in [0.3, 0.4) is 0 Å². The number of amides is 1. The molecule has 108 valence electrons. The molecule has 0 fully saturated rings. The Bertz CT molecular complexity index is 587. The van der Waals surface area contributed by atoms with E-state index in [1.54, 1.807) is 20.9 Å². The highest BCUT2D eigenvalue weighted by Crippen LogP contribution is 2.53. The van der Waals surface area contributed by atoms with Crippen LogP contribution >= 0.6 is 7.60 Å². The molecule has 0 aromatic heterocycles. The second kappa shape index (κ2) is 5.92. The summed E-state index contributed by atoms with van der Waals surface area (Å²) in [4.78, 5) is 13.8. The number of rotatable bonds is 5. The lowest BCUT2D eigenvalue weighted by atomic mass is 10.1. The number of likely N-dealkylation sites (N-methyl/N-ethyl adjacent to an activating group) is 1. The lowest BCUT2D eigenvalue weighted by Gasteiger charge is -2.13. The summed E-state index contributed by atoms with van der Waals surface area (Å²) in [5.74, 6) is 1.14. The van der Waals surface area contributed by atoms with Gasteiger partial charge in [0.2, 0.25) is 0 Å². The third-order valence-corrected chi connectivity index (χ3v) is 4.81. The van der Waals surface area contributed by atoms with Crippen molar-refractivity contribution in [3.63, 3.8) is 0 Å². The van der Waals surface area contributed by atoms with Gasteiger partial charge in [0, 0.05) is 18.4 Å². The van der Waals surface area contributed by atoms with Gasteiger partial charge in [0.15, 0.2) is 0 Å². The highest BCUT2D eigenvalue weighted by Gasteiger charge is 2.33. The van der Waals surface area contributed by atoms with Crippen LogP contribution in [0.4, 0.5) is 5.69 Å². The van der Waals surface area contributed by atoms with E-state index in [1.807, 2.05) is 24.3 Å². The van der Waals surface area contributed by atoms with Crippen molar-refractivity contribution in [3.8, 4) is 0 Å². The highest BCUT2D eigenvalue weighted by atomic mass is 31.2. The third-order valence-electron chi connectivity index (χ3n) is 3.00. The van der Waals surface area contributed by atoms with Crippen molar-refractivity contribution in [1.82, 2.24) is 0 Å². The number of benzene rings is 1. The van der Waals surface area contributed by atoms with E-state index in [9.17, 15) is 9.36 Å². The summed E-state index contributed by atoms with van der Waals surface area (Å²) in [6.45, 7) is 3.99. The van der Waals surface area contributed by atoms with Crippen LogP contribution in [0.5, 0.6) is 0 Å². The molecular formula is C14H18NO4P. The Balaban J connectivity index is 2.48. The van der Waals surface area contributed by atoms with Crippen LogP contribution in [0.2, 0.25) is 0 Å². The molecule has 1 aromatic carbocycles. The van der Waals surface area contributed by atoms with Crippen molar-refractivity contribution in [3.05, 3.63) is 35.6 Å². The fourth-order valence-electron chi connectivity index (χ4n) is 2.15. The third kappa shape index (κ3) is 2.70. The molecule has 1 aliphatic rings. The molecule has 0 aliphatic carbocycles. The van der Waals surface area contributed by atoms with Gasteiger partial charge in [-0.15, -0.1) is 0 Å². The number of para-hydroxylation sites is 1. The Morgan fingerprint density at radius 3 is 2.40 bits per heavy atom. The molecule has 0 unspecified atom stereocenters. The van der Waals surface area contributed by atoms with Gasteiger partial charge in [-0.05, 0) is 19.9 Å². The van der Waals surface area contributed by atoms with Crippen LogP contribution in [0.25, 0.3) is 5.57 Å². The first-order chi connectivity index (χ1) is 9.52. The Morgan fingerprint density at radius 2 is 1.80 bits per heavy atom. The SMILES string of the molecule is CCOP(=O)(/C=C1/C(=O)N(C)c2ccccc21)OCC. The summed E-state index contributed by atoms with van der Waals surface area (Å²) in [7, 11) is -1.71. The maximum atomic E-state index is 12.5. The van der Waals surface area contributed by atoms with E-state index in [1.165, 1.54) is 10.7 Å². The molecule has 0 N–H and O–H groups in total. The van der Waals surface area contributed by atoms with Gasteiger partial charge in [-0.1, -0.05) is 18.2 Å². The van der Waals surface area contributed by atoms with Crippen LogP contribution in [-0.2, 0) is 18.4 Å². The van der Waals surface area contributed by atoms with Gasteiger partial charge in [0.25, 0.3) is 5.91 Å². The number of carbonyl (C=O) groups is 1. The standard InChI is InChI=1S/C14H18NO4P/c1-4-18-20(17,19-5-2)10-12-11-8-6-7-9-13(11)15(3)14(12)16/h6-10H,4-5H2,1-3H3/b12-10+. The van der Waals surface area contributed by atoms with Crippen LogP contribution in [0.1, 0.15) is 19.4 Å². The Hall–Kier alpha value is -1.42. The maximum Gasteiger partial charge on any atom is 0.354 e. The number of hydrogen-bond acceptors (Lipinski definition) is 4. The summed E-state index contributed by atoms with van der Waals surface area (Å²) in [5, 5.41) is 0. The fourth-order valence-corrected chi connectivity index (χ4v) is 3.66. The molecule has 1 heterocycles. The van der Waals surface area contributed by atoms with E-state index in [4.69, 9.17) is 9.05 Å². The minimum Gasteiger partial charge on any atom is -0.311 e. The van der Waals surface area contributed by atoms with Crippen molar-refractivity contribution in [2.75, 3.05) is 25.2 Å². The zero-order chi connectivity index (χ0) is 14.8. The maximum absolute atomic E-state index is 12.5. The lowest BCUT2D eigenvalue weighted by Crippen LogP contribution is -2.20. The van der Waals surface area contributed by atoms with E-state index >= 15 is 0 Å². The molecule has 0 radical (unpaired) electrons. The van der Waals surface area contributed by atoms with Gasteiger partial charge in [-0.3, -0.25) is 9.36 Å². The summed E-state index contributed by atoms with van der Waals surface area (Å²) >= 11 is 0. The Kier molecular flexibility index (Phi) is 4.43. The number of fused-ring (bicyclic) bond motifs is 1. The van der Waals surface area contributed by atoms with Crippen LogP contribution in [0.15, 0.2) is 30.1 Å². The predicted octanol–water partition coefficient (Wildman–Crippen LogP) is 3.27. The predicted molar refractivity (Wildman–Crippen MR) is 78.7 cm³/mol. The van der Waals surface area contributed by atoms with E-state index in [0.717, 1.165) is 11.3 Å². The van der Waals surface area contributed by atoms with Crippen LogP contribution in [0, 0.1) is 0 Å². The molecule has 1 aliphatic heterocycles. The normalized spacial score (nSPS) is 16.9. The van der Waals surface area contributed by atoms with Crippen molar-refractivity contribution >= 4 is 24.8 Å². The number of anilines is 1. The highest BCUT2D eigenvalue weighted by molar-refractivity contribution is 7.57. The summed E-state index contributed by atoms with van der Waals surface area (Å²) in [6.07, 6.45) is 0. The van der Waals surface area contributed by atoms with Gasteiger partial charge < -0.3 is 13.9 Å². The topological polar surface area (TPSA) is 55.8 Å². The average molecular weight is 295 g/mol. The molecule has 0 saturated heterocycles. The first kappa shape index (κ1) is 15.0. The van der Waals surface area contributed by atoms with E-state index < -0.39 is 7.60 Å². The van der Waals surface area contributed by atoms with Gasteiger partial charge >= 0.3 is 7.60 Å². The summed E-state index contributed by atoms with van der Waals surface area (Å²) < 4.78 is 23.0. The first-order valence-electron chi connectivity index (χ1n) is 6.51. The molecular weight excluding hydrogens is 277 g/mol. The van der Waals surface area contributed by atoms with Gasteiger partial charge in [0.05, 0.1) is 24.5 Å². The number of carbonyl (C=O) groups excluding carboxylic acids is 1. The van der Waals surface area contributed by atoms with Crippen LogP contribution < -0.4 is 4.90 Å². The van der Waals surface area contributed by atoms with Gasteiger partial charge in [-0.2, -0.15) is 0 Å². The Morgan fingerprint density at radius 1 is 1.20 bits per heavy atom. The second-order valence-corrected chi connectivity index (χ2v) is 6.15. The fraction of sp³-hybridized carbons (Fsp3) is 0.357. The van der Waals surface area contributed by atoms with Crippen molar-refractivity contribution < 1.29 is 18.4 Å². The van der Waals surface area contributed by atoms with E-state index in [-0.39, 0.29) is 19.1 Å². The largest absolute Gasteiger partial charge is 0.354 e. The average Bonchev–Trinajstić information content (AvgIpc) is 2.65. The molecule has 0 atom stereocenters. The first-order valence-corrected chi connectivity index (χ1v) is 8.12. The van der Waals surface area contributed by atoms with E-state index in [0.29, 0.717) is 5.57 Å². The minimum atomic E-state index is -3.40. The number of nitrogens with zero attached hydrogens (tertiary/aromatic N) is 1. The van der Waals surface area contributed by atoms with Crippen molar-refractivity contribution in [1.29, 1.82) is 0 Å². The lowest BCUT2D eigenvalue weighted by molar-refractivity contribution is -0.112. The molecule has 0 saturated carbocycles. The zero-order valence-corrected chi connectivity index (χ0v) is 12.7. The summed E-state index contributed by atoms with van der Waals surface area (Å²) in [5.41, 5.74) is 1.91. The molecule has 1 aromatic rings. The van der Waals surface area contributed by atoms with Crippen LogP contribution in [-0.4, -0.2) is 26.2 Å². The molecule has 20 heavy (non-hydrogen) atoms. The van der Waals surface area contributed by atoms with Gasteiger partial charge in [0.1, 0.15) is 0 Å². The van der Waals surface area contributed by atoms with Crippen molar-refractivity contribution in [2.45, 2.75) is 13.8 Å². The molecule has 0 spiro atoms. The smallest absolute Gasteiger partial charge is 0.311 e. The Labute approximate surface area is 118 Å². The molecule has 6 heteroatoms. The monoisotopic (exact) mass is 295 g/mol. The quantitative estimate of drug-likeness (QED) is 0.618. The second-order valence-electron chi connectivity index (χ2n) is 4.30. The van der Waals surface area contributed by atoms with E-state index in [2.05, 4.69) is 0 Å². The minimum absolute atomic E-state index is 0.203. The summed E-state index contributed by atoms with van der Waals surface area (Å²) in [6, 6.07) is 7.37. The zero-order valence-electron chi connectivity index (χ0n) is 11.8. The molecule has 5 nitrogen and oxygen atoms in total. The van der Waals surface area contributed by atoms with Gasteiger partial charge in [-0.25, -0.2) is 0 Å². The molecule has 0 bridgehead atoms. The molecule has 1 amide bonds. The van der Waals surface area contributed by atoms with Crippen molar-refractivity contribution in [2.24, 2.45) is 0 Å².